The summed E-state index contributed by atoms with van der Waals surface area (Å²) >= 11 is 0. The van der Waals surface area contributed by atoms with E-state index >= 15 is 0 Å². The summed E-state index contributed by atoms with van der Waals surface area (Å²) in [7, 11) is 0. The second kappa shape index (κ2) is 3.71. The van der Waals surface area contributed by atoms with Gasteiger partial charge in [0.05, 0.1) is 5.52 Å². The van der Waals surface area contributed by atoms with Gasteiger partial charge < -0.3 is 0 Å². The fraction of sp³-hybridized carbons (Fsp3) is 0.381. The van der Waals surface area contributed by atoms with Crippen molar-refractivity contribution in [1.82, 2.24) is 4.98 Å². The van der Waals surface area contributed by atoms with E-state index in [-0.39, 0.29) is 5.41 Å². The molecule has 2 aromatic carbocycles. The highest BCUT2D eigenvalue weighted by Crippen LogP contribution is 2.69. The van der Waals surface area contributed by atoms with Crippen LogP contribution in [0, 0.1) is 5.41 Å². The van der Waals surface area contributed by atoms with E-state index in [9.17, 15) is 0 Å². The molecular formula is C21H21N. The van der Waals surface area contributed by atoms with Crippen LogP contribution in [0.1, 0.15) is 50.7 Å². The lowest BCUT2D eigenvalue weighted by Gasteiger charge is -2.36. The molecule has 0 amide bonds. The molecule has 22 heavy (non-hydrogen) atoms. The number of hydrogen-bond acceptors (Lipinski definition) is 1. The van der Waals surface area contributed by atoms with Crippen molar-refractivity contribution >= 4 is 21.7 Å². The Hall–Kier alpha value is -1.89. The lowest BCUT2D eigenvalue weighted by Crippen LogP contribution is -2.31. The molecule has 2 aliphatic carbocycles. The lowest BCUT2D eigenvalue weighted by atomic mass is 9.68. The molecule has 0 saturated heterocycles. The molecule has 0 N–H and O–H groups in total. The van der Waals surface area contributed by atoms with Crippen molar-refractivity contribution < 1.29 is 0 Å². The minimum atomic E-state index is 0.288. The van der Waals surface area contributed by atoms with Crippen LogP contribution in [0.4, 0.5) is 0 Å². The van der Waals surface area contributed by atoms with Gasteiger partial charge >= 0.3 is 0 Å². The molecule has 110 valence electrons. The molecule has 2 bridgehead atoms. The zero-order valence-corrected chi connectivity index (χ0v) is 13.5. The number of rotatable bonds is 0. The Bertz CT molecular complexity index is 937. The largest absolute Gasteiger partial charge is 0.256 e. The summed E-state index contributed by atoms with van der Waals surface area (Å²) in [4.78, 5) is 4.74. The molecule has 1 aromatic heterocycles. The normalized spacial score (nSPS) is 28.4. The summed E-state index contributed by atoms with van der Waals surface area (Å²) in [6.45, 7) is 7.44. The van der Waals surface area contributed by atoms with Crippen molar-refractivity contribution in [3.8, 4) is 0 Å². The smallest absolute Gasteiger partial charge is 0.0783 e. The zero-order chi connectivity index (χ0) is 15.1. The van der Waals surface area contributed by atoms with E-state index in [0.717, 1.165) is 0 Å². The first-order valence-corrected chi connectivity index (χ1v) is 8.35. The first-order chi connectivity index (χ1) is 10.6. The minimum Gasteiger partial charge on any atom is -0.256 e. The summed E-state index contributed by atoms with van der Waals surface area (Å²) in [6, 6.07) is 13.3. The molecule has 1 fully saturated rings. The summed E-state index contributed by atoms with van der Waals surface area (Å²) in [5, 5.41) is 4.14. The van der Waals surface area contributed by atoms with E-state index in [1.54, 1.807) is 11.1 Å². The Morgan fingerprint density at radius 3 is 2.50 bits per heavy atom. The first kappa shape index (κ1) is 12.6. The van der Waals surface area contributed by atoms with Crippen molar-refractivity contribution in [2.24, 2.45) is 5.41 Å². The van der Waals surface area contributed by atoms with Gasteiger partial charge in [0.25, 0.3) is 0 Å². The molecule has 0 spiro atoms. The van der Waals surface area contributed by atoms with Gasteiger partial charge in [-0.2, -0.15) is 0 Å². The van der Waals surface area contributed by atoms with Crippen molar-refractivity contribution in [2.45, 2.75) is 44.9 Å². The van der Waals surface area contributed by atoms with E-state index in [4.69, 9.17) is 4.98 Å². The van der Waals surface area contributed by atoms with Gasteiger partial charge in [-0.15, -0.1) is 0 Å². The zero-order valence-electron chi connectivity index (χ0n) is 13.5. The molecule has 1 saturated carbocycles. The van der Waals surface area contributed by atoms with Crippen LogP contribution in [0.2, 0.25) is 0 Å². The molecule has 3 aromatic rings. The van der Waals surface area contributed by atoms with E-state index in [0.29, 0.717) is 11.3 Å². The fourth-order valence-corrected chi connectivity index (χ4v) is 5.43. The predicted octanol–water partition coefficient (Wildman–Crippen LogP) is 5.56. The molecule has 2 atom stereocenters. The predicted molar refractivity (Wildman–Crippen MR) is 92.4 cm³/mol. The molecule has 2 aliphatic rings. The Labute approximate surface area is 131 Å². The van der Waals surface area contributed by atoms with Crippen LogP contribution in [0.15, 0.2) is 42.6 Å². The fourth-order valence-electron chi connectivity index (χ4n) is 5.43. The van der Waals surface area contributed by atoms with Crippen LogP contribution < -0.4 is 0 Å². The Morgan fingerprint density at radius 1 is 0.955 bits per heavy atom. The number of aromatic nitrogens is 1. The molecule has 1 heterocycles. The second-order valence-electron chi connectivity index (χ2n) is 7.88. The van der Waals surface area contributed by atoms with Gasteiger partial charge in [-0.25, -0.2) is 0 Å². The van der Waals surface area contributed by atoms with Crippen LogP contribution in [0.25, 0.3) is 21.7 Å². The Balaban J connectivity index is 2.09. The van der Waals surface area contributed by atoms with E-state index < -0.39 is 0 Å². The van der Waals surface area contributed by atoms with E-state index in [1.807, 2.05) is 6.20 Å². The first-order valence-electron chi connectivity index (χ1n) is 8.35. The summed E-state index contributed by atoms with van der Waals surface area (Å²) in [5.74, 6) is 0.670. The maximum Gasteiger partial charge on any atom is 0.0783 e. The summed E-state index contributed by atoms with van der Waals surface area (Å²) in [6.07, 6.45) is 4.56. The van der Waals surface area contributed by atoms with Crippen LogP contribution in [0.5, 0.6) is 0 Å². The quantitative estimate of drug-likeness (QED) is 0.493. The van der Waals surface area contributed by atoms with Gasteiger partial charge in [0.15, 0.2) is 0 Å². The second-order valence-corrected chi connectivity index (χ2v) is 7.88. The third-order valence-corrected chi connectivity index (χ3v) is 6.95. The standard InChI is InChI=1S/C21H21N/c1-20(2)16-10-11-21(20,3)18-13-7-4-5-8-14(13)19-15(17(16)18)9-6-12-22-19/h4-9,12,16H,10-11H2,1-3H3/t16-,21+/m1/s1. The SMILES string of the molecule is CC1(C)[C@@H]2CC[C@@]1(C)c1c2c2cccnc2c2ccccc12. The number of benzene rings is 2. The average molecular weight is 287 g/mol. The maximum atomic E-state index is 4.74. The molecule has 0 radical (unpaired) electrons. The third-order valence-electron chi connectivity index (χ3n) is 6.95. The number of hydrogen-bond donors (Lipinski definition) is 0. The monoisotopic (exact) mass is 287 g/mol. The highest BCUT2D eigenvalue weighted by molar-refractivity contribution is 6.10. The Kier molecular flexibility index (Phi) is 2.13. The van der Waals surface area contributed by atoms with Gasteiger partial charge in [-0.3, -0.25) is 4.98 Å². The lowest BCUT2D eigenvalue weighted by molar-refractivity contribution is 0.232. The Morgan fingerprint density at radius 2 is 1.68 bits per heavy atom. The topological polar surface area (TPSA) is 12.9 Å². The van der Waals surface area contributed by atoms with Gasteiger partial charge in [-0.1, -0.05) is 51.1 Å². The van der Waals surface area contributed by atoms with Crippen molar-refractivity contribution in [2.75, 3.05) is 0 Å². The van der Waals surface area contributed by atoms with Crippen LogP contribution in [-0.4, -0.2) is 4.98 Å². The molecule has 5 rings (SSSR count). The summed E-state index contributed by atoms with van der Waals surface area (Å²) in [5.41, 5.74) is 5.02. The molecule has 0 unspecified atom stereocenters. The van der Waals surface area contributed by atoms with E-state index in [1.165, 1.54) is 34.5 Å². The summed E-state index contributed by atoms with van der Waals surface area (Å²) < 4.78 is 0. The number of pyridine rings is 1. The van der Waals surface area contributed by atoms with Crippen molar-refractivity contribution in [3.63, 3.8) is 0 Å². The third kappa shape index (κ3) is 1.18. The van der Waals surface area contributed by atoms with Crippen LogP contribution >= 0.6 is 0 Å². The molecule has 0 aliphatic heterocycles. The van der Waals surface area contributed by atoms with Gasteiger partial charge in [0.2, 0.25) is 0 Å². The molecular weight excluding hydrogens is 266 g/mol. The van der Waals surface area contributed by atoms with Crippen molar-refractivity contribution in [1.29, 1.82) is 0 Å². The maximum absolute atomic E-state index is 4.74. The van der Waals surface area contributed by atoms with Gasteiger partial charge in [-0.05, 0) is 52.2 Å². The van der Waals surface area contributed by atoms with Gasteiger partial charge in [0.1, 0.15) is 0 Å². The number of fused-ring (bicyclic) bond motifs is 10. The van der Waals surface area contributed by atoms with Crippen LogP contribution in [-0.2, 0) is 5.41 Å². The molecule has 1 nitrogen and oxygen atoms in total. The minimum absolute atomic E-state index is 0.288. The van der Waals surface area contributed by atoms with E-state index in [2.05, 4.69) is 57.2 Å². The van der Waals surface area contributed by atoms with Crippen molar-refractivity contribution in [3.05, 3.63) is 53.7 Å². The highest BCUT2D eigenvalue weighted by Gasteiger charge is 2.60. The highest BCUT2D eigenvalue weighted by atomic mass is 14.7. The average Bonchev–Trinajstić information content (AvgIpc) is 2.87. The number of nitrogens with zero attached hydrogens (tertiary/aromatic N) is 1. The van der Waals surface area contributed by atoms with Gasteiger partial charge in [0, 0.05) is 17.0 Å². The molecule has 1 heteroatoms. The van der Waals surface area contributed by atoms with Crippen LogP contribution in [0.3, 0.4) is 0 Å².